The number of ether oxygens (including phenoxy) is 1. The second kappa shape index (κ2) is 13.9. The molecular formula is C23H35ClN2O3. The maximum Gasteiger partial charge on any atom is 0.289 e. The van der Waals surface area contributed by atoms with Gasteiger partial charge in [-0.15, -0.1) is 0 Å². The molecule has 5 nitrogen and oxygen atoms in total. The first-order chi connectivity index (χ1) is 13.7. The van der Waals surface area contributed by atoms with Crippen LogP contribution in [0.3, 0.4) is 0 Å². The highest BCUT2D eigenvalue weighted by Gasteiger charge is 2.19. The average molecular weight is 423 g/mol. The van der Waals surface area contributed by atoms with E-state index in [4.69, 9.17) is 16.3 Å². The second-order valence-electron chi connectivity index (χ2n) is 7.29. The van der Waals surface area contributed by atoms with E-state index in [0.29, 0.717) is 12.4 Å². The van der Waals surface area contributed by atoms with E-state index in [0.717, 1.165) is 31.1 Å². The van der Waals surface area contributed by atoms with Gasteiger partial charge in [-0.1, -0.05) is 68.6 Å². The summed E-state index contributed by atoms with van der Waals surface area (Å²) in [6.45, 7) is 14.1. The molecule has 1 aromatic carbocycles. The van der Waals surface area contributed by atoms with Crippen LogP contribution in [-0.4, -0.2) is 16.1 Å². The minimum Gasteiger partial charge on any atom is -0.485 e. The zero-order chi connectivity index (χ0) is 22.4. The predicted octanol–water partition coefficient (Wildman–Crippen LogP) is 5.94. The third-order valence-corrected chi connectivity index (χ3v) is 4.06. The van der Waals surface area contributed by atoms with Crippen molar-refractivity contribution in [1.82, 2.24) is 9.78 Å². The van der Waals surface area contributed by atoms with Gasteiger partial charge in [-0.2, -0.15) is 5.10 Å². The second-order valence-corrected chi connectivity index (χ2v) is 7.67. The number of carbonyl (C=O) groups excluding carboxylic acids is 1. The van der Waals surface area contributed by atoms with Crippen LogP contribution in [0.15, 0.2) is 35.3 Å². The smallest absolute Gasteiger partial charge is 0.289 e. The molecule has 1 heterocycles. The van der Waals surface area contributed by atoms with Gasteiger partial charge in [-0.25, -0.2) is 4.68 Å². The Bertz CT molecular complexity index is 778. The van der Waals surface area contributed by atoms with Crippen molar-refractivity contribution in [2.75, 3.05) is 0 Å². The summed E-state index contributed by atoms with van der Waals surface area (Å²) in [6, 6.07) is 7.98. The Balaban J connectivity index is 0.000000841. The number of rotatable bonds is 6. The van der Waals surface area contributed by atoms with Gasteiger partial charge in [0, 0.05) is 6.42 Å². The fourth-order valence-corrected chi connectivity index (χ4v) is 2.31. The van der Waals surface area contributed by atoms with Gasteiger partial charge in [0.05, 0.1) is 11.7 Å². The zero-order valence-corrected chi connectivity index (χ0v) is 19.5. The van der Waals surface area contributed by atoms with Crippen LogP contribution in [0.5, 0.6) is 5.75 Å². The van der Waals surface area contributed by atoms with Crippen molar-refractivity contribution in [2.45, 2.75) is 79.9 Å². The van der Waals surface area contributed by atoms with Gasteiger partial charge < -0.3 is 9.53 Å². The van der Waals surface area contributed by atoms with Crippen LogP contribution in [0.2, 0.25) is 5.02 Å². The van der Waals surface area contributed by atoms with Crippen LogP contribution in [0, 0.1) is 6.92 Å². The molecule has 0 aliphatic carbocycles. The molecule has 0 saturated heterocycles. The predicted molar refractivity (Wildman–Crippen MR) is 121 cm³/mol. The number of aldehydes is 1. The van der Waals surface area contributed by atoms with Crippen LogP contribution < -0.4 is 10.3 Å². The molecule has 29 heavy (non-hydrogen) atoms. The highest BCUT2D eigenvalue weighted by molar-refractivity contribution is 6.31. The van der Waals surface area contributed by atoms with Gasteiger partial charge in [0.25, 0.3) is 5.56 Å². The van der Waals surface area contributed by atoms with E-state index in [1.807, 2.05) is 65.8 Å². The molecule has 0 amide bonds. The molecule has 0 unspecified atom stereocenters. The van der Waals surface area contributed by atoms with Crippen molar-refractivity contribution in [3.05, 3.63) is 57.0 Å². The molecule has 0 atom stereocenters. The first kappa shape index (κ1) is 26.9. The first-order valence-electron chi connectivity index (χ1n) is 10.1. The number of carbonyl (C=O) groups is 1. The van der Waals surface area contributed by atoms with Crippen molar-refractivity contribution in [3.8, 4) is 5.75 Å². The summed E-state index contributed by atoms with van der Waals surface area (Å²) < 4.78 is 6.96. The molecule has 0 aliphatic rings. The number of nitrogens with zero attached hydrogens (tertiary/aromatic N) is 2. The largest absolute Gasteiger partial charge is 0.485 e. The lowest BCUT2D eigenvalue weighted by Gasteiger charge is -2.21. The fraction of sp³-hybridized carbons (Fsp3) is 0.522. The highest BCUT2D eigenvalue weighted by atomic mass is 35.5. The maximum atomic E-state index is 12.2. The zero-order valence-electron chi connectivity index (χ0n) is 18.8. The standard InChI is InChI=1S/C16H19ClN2O2.C5H10O.C2H6/c1-11-5-7-12(8-6-11)10-21-13-9-18-19(16(2,3)4)15(20)14(13)17;1-2-3-4-5-6;1-2/h5-9H,10H2,1-4H3;5H,2-4H2,1H3;1-2H3. The average Bonchev–Trinajstić information content (AvgIpc) is 2.70. The van der Waals surface area contributed by atoms with E-state index >= 15 is 0 Å². The molecule has 162 valence electrons. The number of benzene rings is 1. The molecule has 6 heteroatoms. The molecule has 0 N–H and O–H groups in total. The van der Waals surface area contributed by atoms with Crippen LogP contribution in [0.1, 0.15) is 71.9 Å². The Morgan fingerprint density at radius 3 is 2.21 bits per heavy atom. The van der Waals surface area contributed by atoms with Crippen molar-refractivity contribution < 1.29 is 9.53 Å². The summed E-state index contributed by atoms with van der Waals surface area (Å²) in [5.41, 5.74) is 1.43. The quantitative estimate of drug-likeness (QED) is 0.426. The van der Waals surface area contributed by atoms with Gasteiger partial charge in [-0.3, -0.25) is 4.79 Å². The fourth-order valence-electron chi connectivity index (χ4n) is 2.13. The van der Waals surface area contributed by atoms with Crippen molar-refractivity contribution in [2.24, 2.45) is 0 Å². The van der Waals surface area contributed by atoms with Gasteiger partial charge in [0.2, 0.25) is 0 Å². The summed E-state index contributed by atoms with van der Waals surface area (Å²) in [7, 11) is 0. The molecule has 0 fully saturated rings. The van der Waals surface area contributed by atoms with E-state index in [2.05, 4.69) is 12.0 Å². The third-order valence-electron chi connectivity index (χ3n) is 3.71. The molecule has 2 aromatic rings. The lowest BCUT2D eigenvalue weighted by atomic mass is 10.1. The Kier molecular flexibility index (Phi) is 12.9. The van der Waals surface area contributed by atoms with E-state index in [1.165, 1.54) is 16.4 Å². The van der Waals surface area contributed by atoms with Gasteiger partial charge >= 0.3 is 0 Å². The summed E-state index contributed by atoms with van der Waals surface area (Å²) >= 11 is 6.10. The van der Waals surface area contributed by atoms with Crippen LogP contribution in [0.4, 0.5) is 0 Å². The van der Waals surface area contributed by atoms with Crippen LogP contribution >= 0.6 is 11.6 Å². The van der Waals surface area contributed by atoms with Crippen LogP contribution in [-0.2, 0) is 16.9 Å². The van der Waals surface area contributed by atoms with E-state index in [-0.39, 0.29) is 10.6 Å². The lowest BCUT2D eigenvalue weighted by Crippen LogP contribution is -2.36. The van der Waals surface area contributed by atoms with Gasteiger partial charge in [0.15, 0.2) is 10.8 Å². The number of hydrogen-bond donors (Lipinski definition) is 0. The van der Waals surface area contributed by atoms with E-state index < -0.39 is 5.54 Å². The van der Waals surface area contributed by atoms with Gasteiger partial charge in [0.1, 0.15) is 12.9 Å². The SMILES string of the molecule is CC.CCCCC=O.Cc1ccc(COc2cnn(C(C)(C)C)c(=O)c2Cl)cc1. The highest BCUT2D eigenvalue weighted by Crippen LogP contribution is 2.21. The van der Waals surface area contributed by atoms with Crippen LogP contribution in [0.25, 0.3) is 0 Å². The van der Waals surface area contributed by atoms with E-state index in [9.17, 15) is 9.59 Å². The van der Waals surface area contributed by atoms with Gasteiger partial charge in [-0.05, 0) is 39.7 Å². The molecule has 0 spiro atoms. The summed E-state index contributed by atoms with van der Waals surface area (Å²) in [5, 5.41) is 4.19. The molecule has 0 saturated carbocycles. The van der Waals surface area contributed by atoms with E-state index in [1.54, 1.807) is 0 Å². The number of hydrogen-bond acceptors (Lipinski definition) is 4. The normalized spacial score (nSPS) is 10.2. The Morgan fingerprint density at radius 1 is 1.17 bits per heavy atom. The van der Waals surface area contributed by atoms with Crippen molar-refractivity contribution in [3.63, 3.8) is 0 Å². The maximum absolute atomic E-state index is 12.2. The van der Waals surface area contributed by atoms with Crippen molar-refractivity contribution >= 4 is 17.9 Å². The summed E-state index contributed by atoms with van der Waals surface area (Å²) in [5.74, 6) is 0.308. The Labute approximate surface area is 180 Å². The Hall–Kier alpha value is -2.14. The number of unbranched alkanes of at least 4 members (excludes halogenated alkanes) is 2. The van der Waals surface area contributed by atoms with Crippen molar-refractivity contribution in [1.29, 1.82) is 0 Å². The summed E-state index contributed by atoms with van der Waals surface area (Å²) in [4.78, 5) is 21.7. The number of aromatic nitrogens is 2. The number of halogens is 1. The first-order valence-corrected chi connectivity index (χ1v) is 10.5. The molecule has 1 aromatic heterocycles. The topological polar surface area (TPSA) is 61.2 Å². The monoisotopic (exact) mass is 422 g/mol. The minimum atomic E-state index is -0.420. The summed E-state index contributed by atoms with van der Waals surface area (Å²) in [6.07, 6.45) is 5.35. The molecule has 0 radical (unpaired) electrons. The molecule has 2 rings (SSSR count). The minimum absolute atomic E-state index is 0.0621. The number of aryl methyl sites for hydroxylation is 1. The molecule has 0 bridgehead atoms. The molecule has 0 aliphatic heterocycles. The third kappa shape index (κ3) is 9.75. The Morgan fingerprint density at radius 2 is 1.76 bits per heavy atom. The molecular weight excluding hydrogens is 388 g/mol. The lowest BCUT2D eigenvalue weighted by molar-refractivity contribution is -0.107.